The van der Waals surface area contributed by atoms with Gasteiger partial charge in [0.1, 0.15) is 12.7 Å². The van der Waals surface area contributed by atoms with Gasteiger partial charge in [0.25, 0.3) is 0 Å². The molecule has 1 heterocycles. The van der Waals surface area contributed by atoms with E-state index < -0.39 is 0 Å². The zero-order chi connectivity index (χ0) is 10.4. The molecule has 80 valence electrons. The fourth-order valence-electron chi connectivity index (χ4n) is 1.56. The number of hydrogen-bond acceptors (Lipinski definition) is 3. The van der Waals surface area contributed by atoms with Crippen LogP contribution < -0.4 is 5.32 Å². The maximum atomic E-state index is 4.04. The van der Waals surface area contributed by atoms with Crippen LogP contribution in [0.4, 0.5) is 0 Å². The van der Waals surface area contributed by atoms with Crippen LogP contribution in [-0.2, 0) is 6.54 Å². The van der Waals surface area contributed by atoms with Crippen molar-refractivity contribution in [3.05, 3.63) is 12.7 Å². The van der Waals surface area contributed by atoms with Crippen LogP contribution in [-0.4, -0.2) is 27.4 Å². The Morgan fingerprint density at radius 2 is 2.14 bits per heavy atom. The van der Waals surface area contributed by atoms with E-state index in [1.807, 2.05) is 4.68 Å². The molecule has 4 heteroatoms. The van der Waals surface area contributed by atoms with Crippen molar-refractivity contribution in [3.8, 4) is 0 Å². The van der Waals surface area contributed by atoms with Gasteiger partial charge in [-0.2, -0.15) is 5.10 Å². The highest BCUT2D eigenvalue weighted by Gasteiger charge is 2.03. The summed E-state index contributed by atoms with van der Waals surface area (Å²) in [6.45, 7) is 8.56. The number of aromatic nitrogens is 3. The van der Waals surface area contributed by atoms with E-state index in [1.165, 1.54) is 6.42 Å². The predicted octanol–water partition coefficient (Wildman–Crippen LogP) is 1.30. The number of rotatable bonds is 6. The Morgan fingerprint density at radius 3 is 2.71 bits per heavy atom. The number of nitrogens with zero attached hydrogens (tertiary/aromatic N) is 3. The van der Waals surface area contributed by atoms with E-state index in [4.69, 9.17) is 0 Å². The zero-order valence-electron chi connectivity index (χ0n) is 9.27. The second kappa shape index (κ2) is 5.75. The van der Waals surface area contributed by atoms with E-state index in [2.05, 4.69) is 36.2 Å². The van der Waals surface area contributed by atoms with Crippen LogP contribution >= 0.6 is 0 Å². The van der Waals surface area contributed by atoms with Gasteiger partial charge in [-0.1, -0.05) is 13.8 Å². The molecule has 0 saturated carbocycles. The second-order valence-electron chi connectivity index (χ2n) is 4.14. The van der Waals surface area contributed by atoms with Gasteiger partial charge >= 0.3 is 0 Å². The molecule has 1 aromatic heterocycles. The Kier molecular flexibility index (Phi) is 4.59. The average Bonchev–Trinajstić information content (AvgIpc) is 2.55. The maximum absolute atomic E-state index is 4.04. The Bertz CT molecular complexity index is 230. The fraction of sp³-hybridized carbons (Fsp3) is 0.800. The summed E-state index contributed by atoms with van der Waals surface area (Å²) in [5, 5.41) is 7.50. The summed E-state index contributed by atoms with van der Waals surface area (Å²) in [4.78, 5) is 3.89. The van der Waals surface area contributed by atoms with E-state index in [-0.39, 0.29) is 0 Å². The lowest BCUT2D eigenvalue weighted by atomic mass is 10.1. The molecule has 1 aromatic rings. The summed E-state index contributed by atoms with van der Waals surface area (Å²) in [6.07, 6.45) is 4.53. The van der Waals surface area contributed by atoms with Gasteiger partial charge in [0.15, 0.2) is 0 Å². The molecule has 4 nitrogen and oxygen atoms in total. The first-order chi connectivity index (χ1) is 6.68. The summed E-state index contributed by atoms with van der Waals surface area (Å²) in [5.41, 5.74) is 0. The fourth-order valence-corrected chi connectivity index (χ4v) is 1.56. The largest absolute Gasteiger partial charge is 0.312 e. The molecular formula is C10H20N4. The van der Waals surface area contributed by atoms with Crippen molar-refractivity contribution in [2.24, 2.45) is 5.92 Å². The number of hydrogen-bond donors (Lipinski definition) is 1. The summed E-state index contributed by atoms with van der Waals surface area (Å²) in [6, 6.07) is 0.582. The molecule has 0 spiro atoms. The SMILES string of the molecule is CC(C)CC(C)NCCn1cncn1. The Labute approximate surface area is 85.7 Å². The normalized spacial score (nSPS) is 13.4. The third kappa shape index (κ3) is 4.37. The minimum absolute atomic E-state index is 0.582. The third-order valence-corrected chi connectivity index (χ3v) is 2.13. The second-order valence-corrected chi connectivity index (χ2v) is 4.14. The minimum Gasteiger partial charge on any atom is -0.312 e. The van der Waals surface area contributed by atoms with Gasteiger partial charge in [-0.3, -0.25) is 4.68 Å². The highest BCUT2D eigenvalue weighted by molar-refractivity contribution is 4.63. The molecular weight excluding hydrogens is 176 g/mol. The standard InChI is InChI=1S/C10H20N4/c1-9(2)6-10(3)12-4-5-14-8-11-7-13-14/h7-10,12H,4-6H2,1-3H3. The van der Waals surface area contributed by atoms with Crippen LogP contribution in [0.3, 0.4) is 0 Å². The topological polar surface area (TPSA) is 42.7 Å². The molecule has 0 amide bonds. The molecule has 0 aliphatic heterocycles. The van der Waals surface area contributed by atoms with E-state index >= 15 is 0 Å². The summed E-state index contributed by atoms with van der Waals surface area (Å²) >= 11 is 0. The van der Waals surface area contributed by atoms with Crippen LogP contribution in [0.2, 0.25) is 0 Å². The average molecular weight is 196 g/mol. The van der Waals surface area contributed by atoms with Crippen LogP contribution in [0.5, 0.6) is 0 Å². The zero-order valence-corrected chi connectivity index (χ0v) is 9.27. The number of nitrogens with one attached hydrogen (secondary N) is 1. The van der Waals surface area contributed by atoms with Gasteiger partial charge in [-0.15, -0.1) is 0 Å². The monoisotopic (exact) mass is 196 g/mol. The summed E-state index contributed by atoms with van der Waals surface area (Å²) in [7, 11) is 0. The lowest BCUT2D eigenvalue weighted by molar-refractivity contribution is 0.425. The molecule has 1 atom stereocenters. The van der Waals surface area contributed by atoms with E-state index in [1.54, 1.807) is 12.7 Å². The van der Waals surface area contributed by atoms with Crippen molar-refractivity contribution in [2.45, 2.75) is 39.8 Å². The molecule has 1 unspecified atom stereocenters. The quantitative estimate of drug-likeness (QED) is 0.746. The lowest BCUT2D eigenvalue weighted by Gasteiger charge is -2.15. The highest BCUT2D eigenvalue weighted by Crippen LogP contribution is 2.03. The smallest absolute Gasteiger partial charge is 0.137 e. The van der Waals surface area contributed by atoms with Crippen LogP contribution in [0.1, 0.15) is 27.2 Å². The lowest BCUT2D eigenvalue weighted by Crippen LogP contribution is -2.30. The van der Waals surface area contributed by atoms with E-state index in [0.717, 1.165) is 19.0 Å². The molecule has 0 fully saturated rings. The minimum atomic E-state index is 0.582. The first-order valence-electron chi connectivity index (χ1n) is 5.24. The maximum Gasteiger partial charge on any atom is 0.137 e. The summed E-state index contributed by atoms with van der Waals surface area (Å²) < 4.78 is 1.84. The Hall–Kier alpha value is -0.900. The highest BCUT2D eigenvalue weighted by atomic mass is 15.3. The van der Waals surface area contributed by atoms with Crippen molar-refractivity contribution >= 4 is 0 Å². The van der Waals surface area contributed by atoms with Crippen molar-refractivity contribution in [1.82, 2.24) is 20.1 Å². The summed E-state index contributed by atoms with van der Waals surface area (Å²) in [5.74, 6) is 0.754. The van der Waals surface area contributed by atoms with Gasteiger partial charge in [0.2, 0.25) is 0 Å². The first kappa shape index (κ1) is 11.2. The molecule has 0 radical (unpaired) electrons. The van der Waals surface area contributed by atoms with Crippen LogP contribution in [0.15, 0.2) is 12.7 Å². The molecule has 0 saturated heterocycles. The molecule has 14 heavy (non-hydrogen) atoms. The van der Waals surface area contributed by atoms with Gasteiger partial charge < -0.3 is 5.32 Å². The first-order valence-corrected chi connectivity index (χ1v) is 5.24. The van der Waals surface area contributed by atoms with Crippen molar-refractivity contribution in [3.63, 3.8) is 0 Å². The van der Waals surface area contributed by atoms with Gasteiger partial charge in [-0.05, 0) is 19.3 Å². The van der Waals surface area contributed by atoms with E-state index in [9.17, 15) is 0 Å². The predicted molar refractivity (Wildman–Crippen MR) is 56.9 cm³/mol. The van der Waals surface area contributed by atoms with Gasteiger partial charge in [-0.25, -0.2) is 4.98 Å². The molecule has 1 N–H and O–H groups in total. The van der Waals surface area contributed by atoms with Gasteiger partial charge in [0.05, 0.1) is 6.54 Å². The van der Waals surface area contributed by atoms with Crippen LogP contribution in [0.25, 0.3) is 0 Å². The van der Waals surface area contributed by atoms with E-state index in [0.29, 0.717) is 6.04 Å². The Morgan fingerprint density at radius 1 is 1.36 bits per heavy atom. The molecule has 0 aliphatic carbocycles. The van der Waals surface area contributed by atoms with Gasteiger partial charge in [0, 0.05) is 12.6 Å². The molecule has 0 aliphatic rings. The van der Waals surface area contributed by atoms with Crippen molar-refractivity contribution < 1.29 is 0 Å². The molecule has 1 rings (SSSR count). The molecule has 0 bridgehead atoms. The van der Waals surface area contributed by atoms with Crippen molar-refractivity contribution in [2.75, 3.05) is 6.54 Å². The third-order valence-electron chi connectivity index (χ3n) is 2.13. The molecule has 0 aromatic carbocycles. The Balaban J connectivity index is 2.09. The van der Waals surface area contributed by atoms with Crippen LogP contribution in [0, 0.1) is 5.92 Å². The van der Waals surface area contributed by atoms with Crippen molar-refractivity contribution in [1.29, 1.82) is 0 Å².